The Balaban J connectivity index is 1.32. The number of methoxy groups -OCH3 is 1. The lowest BCUT2D eigenvalue weighted by molar-refractivity contribution is -0.119. The van der Waals surface area contributed by atoms with E-state index in [1.807, 2.05) is 12.1 Å². The number of nitrogens with one attached hydrogen (secondary N) is 1. The van der Waals surface area contributed by atoms with E-state index in [1.54, 1.807) is 63.2 Å². The van der Waals surface area contributed by atoms with Crippen LogP contribution in [-0.4, -0.2) is 57.4 Å². The van der Waals surface area contributed by atoms with Crippen molar-refractivity contribution in [3.8, 4) is 11.5 Å². The van der Waals surface area contributed by atoms with Gasteiger partial charge in [-0.25, -0.2) is 14.5 Å². The van der Waals surface area contributed by atoms with Crippen molar-refractivity contribution in [1.29, 1.82) is 0 Å². The van der Waals surface area contributed by atoms with E-state index in [4.69, 9.17) is 14.2 Å². The van der Waals surface area contributed by atoms with Crippen molar-refractivity contribution in [2.24, 2.45) is 0 Å². The van der Waals surface area contributed by atoms with Crippen LogP contribution in [-0.2, 0) is 14.9 Å². The standard InChI is InChI=1S/C32H30N4O8/c1-31(2,3)44-30(41)36-24-12-16(8-10-18(24)27(34-36)33-22-7-5-6-19-25(37)15-43-26(19)22)21-14-32(21)20-13-17(42-4)9-11-23(20)35(28(32)38)29(39)40/h5-13,21,25,37H,14-15H2,1-4H3,(H,33,34)(H,39,40)/t21-,25?,32-/m0/s1. The molecule has 0 bridgehead atoms. The highest BCUT2D eigenvalue weighted by atomic mass is 16.6. The van der Waals surface area contributed by atoms with Gasteiger partial charge in [0.15, 0.2) is 5.82 Å². The SMILES string of the molecule is COc1ccc2c(c1)[C@]1(C[C@H]1c1ccc3c(Nc4cccc5c4OCC5O)nn(C(=O)OC(C)(C)C)c3c1)C(=O)N2C(=O)O. The summed E-state index contributed by atoms with van der Waals surface area (Å²) in [6.45, 7) is 5.42. The number of ether oxygens (including phenoxy) is 3. The van der Waals surface area contributed by atoms with Gasteiger partial charge in [-0.15, -0.1) is 5.10 Å². The second-order valence-corrected chi connectivity index (χ2v) is 12.2. The van der Waals surface area contributed by atoms with Crippen LogP contribution >= 0.6 is 0 Å². The first-order valence-electron chi connectivity index (χ1n) is 14.2. The first-order valence-corrected chi connectivity index (χ1v) is 14.2. The average Bonchev–Trinajstić information content (AvgIpc) is 3.36. The normalized spacial score (nSPS) is 21.7. The third-order valence-electron chi connectivity index (χ3n) is 8.38. The van der Waals surface area contributed by atoms with Gasteiger partial charge in [-0.05, 0) is 74.7 Å². The van der Waals surface area contributed by atoms with Crippen LogP contribution in [0.1, 0.15) is 55.9 Å². The first-order chi connectivity index (χ1) is 20.9. The molecule has 1 aromatic heterocycles. The summed E-state index contributed by atoms with van der Waals surface area (Å²) in [6, 6.07) is 15.8. The smallest absolute Gasteiger partial charge is 0.435 e. The summed E-state index contributed by atoms with van der Waals surface area (Å²) < 4.78 is 17.9. The number of carboxylic acid groups (broad SMARTS) is 1. The van der Waals surface area contributed by atoms with Gasteiger partial charge in [-0.1, -0.05) is 18.2 Å². The fourth-order valence-corrected chi connectivity index (χ4v) is 6.35. The lowest BCUT2D eigenvalue weighted by Crippen LogP contribution is -2.36. The zero-order valence-corrected chi connectivity index (χ0v) is 24.5. The van der Waals surface area contributed by atoms with Crippen molar-refractivity contribution in [3.63, 3.8) is 0 Å². The van der Waals surface area contributed by atoms with E-state index >= 15 is 0 Å². The number of anilines is 3. The second kappa shape index (κ2) is 9.45. The number of imide groups is 1. The molecule has 44 heavy (non-hydrogen) atoms. The number of amides is 2. The predicted octanol–water partition coefficient (Wildman–Crippen LogP) is 5.45. The van der Waals surface area contributed by atoms with Crippen LogP contribution < -0.4 is 19.7 Å². The number of carbonyl (C=O) groups is 3. The van der Waals surface area contributed by atoms with E-state index in [-0.39, 0.29) is 12.5 Å². The number of hydrogen-bond acceptors (Lipinski definition) is 9. The number of rotatable bonds is 4. The molecular weight excluding hydrogens is 568 g/mol. The summed E-state index contributed by atoms with van der Waals surface area (Å²) in [5, 5.41) is 28.6. The Morgan fingerprint density at radius 3 is 2.66 bits per heavy atom. The van der Waals surface area contributed by atoms with Crippen molar-refractivity contribution in [2.75, 3.05) is 23.9 Å². The molecule has 2 aliphatic heterocycles. The number of carbonyl (C=O) groups excluding carboxylic acids is 2. The van der Waals surface area contributed by atoms with Crippen LogP contribution in [0.4, 0.5) is 26.8 Å². The Morgan fingerprint density at radius 1 is 1.14 bits per heavy atom. The first kappa shape index (κ1) is 27.7. The van der Waals surface area contributed by atoms with Crippen LogP contribution in [0.5, 0.6) is 11.5 Å². The highest BCUT2D eigenvalue weighted by Gasteiger charge is 2.68. The molecule has 1 saturated carbocycles. The number of aliphatic hydroxyl groups is 1. The molecule has 0 radical (unpaired) electrons. The molecule has 12 heteroatoms. The number of para-hydroxylation sites is 1. The second-order valence-electron chi connectivity index (χ2n) is 12.2. The fraction of sp³-hybridized carbons (Fsp3) is 0.312. The Bertz CT molecular complexity index is 1890. The van der Waals surface area contributed by atoms with Gasteiger partial charge in [0.25, 0.3) is 0 Å². The third kappa shape index (κ3) is 4.08. The Morgan fingerprint density at radius 2 is 1.93 bits per heavy atom. The van der Waals surface area contributed by atoms with Crippen molar-refractivity contribution >= 4 is 46.2 Å². The average molecular weight is 599 g/mol. The van der Waals surface area contributed by atoms with Crippen molar-refractivity contribution in [2.45, 2.75) is 50.2 Å². The van der Waals surface area contributed by atoms with Crippen molar-refractivity contribution in [1.82, 2.24) is 9.78 Å². The van der Waals surface area contributed by atoms with Gasteiger partial charge in [-0.2, -0.15) is 4.68 Å². The summed E-state index contributed by atoms with van der Waals surface area (Å²) in [7, 11) is 1.51. The molecule has 3 N–H and O–H groups in total. The largest absolute Gasteiger partial charge is 0.497 e. The molecule has 3 atom stereocenters. The van der Waals surface area contributed by atoms with E-state index in [0.29, 0.717) is 57.1 Å². The lowest BCUT2D eigenvalue weighted by atomic mass is 9.91. The minimum absolute atomic E-state index is 0.140. The van der Waals surface area contributed by atoms with Gasteiger partial charge >= 0.3 is 12.2 Å². The van der Waals surface area contributed by atoms with E-state index in [0.717, 1.165) is 10.5 Å². The van der Waals surface area contributed by atoms with Gasteiger partial charge in [-0.3, -0.25) is 4.79 Å². The number of hydrogen-bond donors (Lipinski definition) is 3. The number of benzene rings is 3. The van der Waals surface area contributed by atoms with Crippen molar-refractivity contribution < 1.29 is 38.8 Å². The summed E-state index contributed by atoms with van der Waals surface area (Å²) in [5.74, 6) is 0.535. The summed E-state index contributed by atoms with van der Waals surface area (Å²) >= 11 is 0. The van der Waals surface area contributed by atoms with Crippen LogP contribution in [0, 0.1) is 0 Å². The molecule has 3 aliphatic rings. The van der Waals surface area contributed by atoms with Gasteiger partial charge < -0.3 is 29.7 Å². The number of aromatic nitrogens is 2. The molecule has 3 aromatic carbocycles. The zero-order chi connectivity index (χ0) is 31.1. The van der Waals surface area contributed by atoms with Gasteiger partial charge in [0, 0.05) is 16.9 Å². The minimum Gasteiger partial charge on any atom is -0.497 e. The lowest BCUT2D eigenvalue weighted by Gasteiger charge is -2.19. The molecule has 7 rings (SSSR count). The van der Waals surface area contributed by atoms with E-state index in [2.05, 4.69) is 10.4 Å². The number of nitrogens with zero attached hydrogens (tertiary/aromatic N) is 3. The van der Waals surface area contributed by atoms with Crippen LogP contribution in [0.3, 0.4) is 0 Å². The Kier molecular flexibility index (Phi) is 5.95. The number of fused-ring (bicyclic) bond motifs is 4. The quantitative estimate of drug-likeness (QED) is 0.277. The topological polar surface area (TPSA) is 152 Å². The molecule has 1 unspecified atom stereocenters. The molecule has 4 aromatic rings. The molecule has 1 aliphatic carbocycles. The molecule has 2 amide bonds. The predicted molar refractivity (Wildman–Crippen MR) is 159 cm³/mol. The maximum Gasteiger partial charge on any atom is 0.435 e. The molecule has 1 fully saturated rings. The maximum atomic E-state index is 13.7. The Labute approximate surface area is 251 Å². The molecular formula is C32H30N4O8. The molecule has 0 saturated heterocycles. The maximum absolute atomic E-state index is 13.7. The van der Waals surface area contributed by atoms with Gasteiger partial charge in [0.1, 0.15) is 29.8 Å². The highest BCUT2D eigenvalue weighted by molar-refractivity contribution is 6.22. The summed E-state index contributed by atoms with van der Waals surface area (Å²) in [4.78, 5) is 40.0. The highest BCUT2D eigenvalue weighted by Crippen LogP contribution is 2.67. The van der Waals surface area contributed by atoms with Gasteiger partial charge in [0.2, 0.25) is 5.91 Å². The minimum atomic E-state index is -1.35. The molecule has 1 spiro atoms. The van der Waals surface area contributed by atoms with Crippen LogP contribution in [0.15, 0.2) is 54.6 Å². The van der Waals surface area contributed by atoms with Gasteiger partial charge in [0.05, 0.1) is 29.4 Å². The van der Waals surface area contributed by atoms with Crippen LogP contribution in [0.2, 0.25) is 0 Å². The van der Waals surface area contributed by atoms with E-state index in [1.165, 1.54) is 11.8 Å². The third-order valence-corrected chi connectivity index (χ3v) is 8.38. The summed E-state index contributed by atoms with van der Waals surface area (Å²) in [6.07, 6.45) is -2.38. The van der Waals surface area contributed by atoms with E-state index < -0.39 is 35.2 Å². The Hall–Kier alpha value is -5.10. The zero-order valence-electron chi connectivity index (χ0n) is 24.5. The van der Waals surface area contributed by atoms with Crippen LogP contribution in [0.25, 0.3) is 10.9 Å². The molecule has 226 valence electrons. The monoisotopic (exact) mass is 598 g/mol. The van der Waals surface area contributed by atoms with Crippen molar-refractivity contribution in [3.05, 3.63) is 71.3 Å². The van der Waals surface area contributed by atoms with E-state index in [9.17, 15) is 24.6 Å². The summed E-state index contributed by atoms with van der Waals surface area (Å²) in [5.41, 5.74) is 1.48. The molecule has 3 heterocycles. The number of aliphatic hydroxyl groups excluding tert-OH is 1. The molecule has 12 nitrogen and oxygen atoms in total. The fourth-order valence-electron chi connectivity index (χ4n) is 6.35.